The van der Waals surface area contributed by atoms with Gasteiger partial charge in [0.15, 0.2) is 9.84 Å². The molecule has 0 aliphatic carbocycles. The topological polar surface area (TPSA) is 81.7 Å². The number of benzene rings is 2. The summed E-state index contributed by atoms with van der Waals surface area (Å²) in [6.45, 7) is 5.01. The lowest BCUT2D eigenvalue weighted by atomic mass is 10.2. The Labute approximate surface area is 172 Å². The van der Waals surface area contributed by atoms with Crippen molar-refractivity contribution in [3.63, 3.8) is 0 Å². The van der Waals surface area contributed by atoms with Gasteiger partial charge in [0, 0.05) is 13.0 Å². The molecule has 7 heteroatoms. The van der Waals surface area contributed by atoms with Gasteiger partial charge in [0.25, 0.3) is 0 Å². The molecule has 3 rings (SSSR count). The standard InChI is InChI=1S/C22H27NO5S/c1-16-5-8-19(9-6-16)29(25,26)13-11-22(24)23-20-10-7-17(2)14-21(20)28-15-18-4-3-12-27-18/h5-10,14,18H,3-4,11-13,15H2,1-2H3,(H,23,24). The first kappa shape index (κ1) is 21.3. The van der Waals surface area contributed by atoms with Gasteiger partial charge in [-0.05, 0) is 56.5 Å². The monoisotopic (exact) mass is 417 g/mol. The van der Waals surface area contributed by atoms with E-state index in [0.717, 1.165) is 30.6 Å². The molecule has 1 amide bonds. The van der Waals surface area contributed by atoms with E-state index in [1.165, 1.54) is 0 Å². The third kappa shape index (κ3) is 6.05. The second-order valence-corrected chi connectivity index (χ2v) is 9.48. The zero-order chi connectivity index (χ0) is 20.9. The molecule has 1 atom stereocenters. The molecule has 0 bridgehead atoms. The van der Waals surface area contributed by atoms with Crippen molar-refractivity contribution in [2.24, 2.45) is 0 Å². The molecule has 0 spiro atoms. The van der Waals surface area contributed by atoms with Crippen LogP contribution in [0.15, 0.2) is 47.4 Å². The second-order valence-electron chi connectivity index (χ2n) is 7.38. The van der Waals surface area contributed by atoms with E-state index in [4.69, 9.17) is 9.47 Å². The fourth-order valence-electron chi connectivity index (χ4n) is 3.11. The highest BCUT2D eigenvalue weighted by Crippen LogP contribution is 2.27. The summed E-state index contributed by atoms with van der Waals surface area (Å²) in [6.07, 6.45) is 1.93. The highest BCUT2D eigenvalue weighted by molar-refractivity contribution is 7.91. The Bertz CT molecular complexity index is 948. The number of carbonyl (C=O) groups is 1. The summed E-state index contributed by atoms with van der Waals surface area (Å²) in [5, 5.41) is 2.78. The van der Waals surface area contributed by atoms with E-state index in [-0.39, 0.29) is 29.1 Å². The van der Waals surface area contributed by atoms with E-state index >= 15 is 0 Å². The lowest BCUT2D eigenvalue weighted by molar-refractivity contribution is -0.115. The number of rotatable bonds is 8. The fraction of sp³-hybridized carbons (Fsp3) is 0.409. The van der Waals surface area contributed by atoms with Gasteiger partial charge in [-0.3, -0.25) is 4.79 Å². The molecule has 1 aliphatic heterocycles. The quantitative estimate of drug-likeness (QED) is 0.709. The summed E-state index contributed by atoms with van der Waals surface area (Å²) in [5.74, 6) is -0.0541. The number of sulfone groups is 1. The van der Waals surface area contributed by atoms with Crippen LogP contribution in [0.25, 0.3) is 0 Å². The molecule has 1 aliphatic rings. The minimum absolute atomic E-state index is 0.0683. The van der Waals surface area contributed by atoms with Gasteiger partial charge in [-0.2, -0.15) is 0 Å². The van der Waals surface area contributed by atoms with Crippen molar-refractivity contribution in [2.45, 2.75) is 44.1 Å². The maximum Gasteiger partial charge on any atom is 0.225 e. The molecule has 1 heterocycles. The number of amides is 1. The van der Waals surface area contributed by atoms with E-state index < -0.39 is 9.84 Å². The highest BCUT2D eigenvalue weighted by Gasteiger charge is 2.19. The normalized spacial score (nSPS) is 16.6. The number of carbonyl (C=O) groups excluding carboxylic acids is 1. The van der Waals surface area contributed by atoms with E-state index in [1.807, 2.05) is 26.0 Å². The van der Waals surface area contributed by atoms with Crippen molar-refractivity contribution in [2.75, 3.05) is 24.3 Å². The summed E-state index contributed by atoms with van der Waals surface area (Å²) in [6, 6.07) is 12.1. The molecule has 0 saturated carbocycles. The van der Waals surface area contributed by atoms with Crippen molar-refractivity contribution in [3.05, 3.63) is 53.6 Å². The van der Waals surface area contributed by atoms with Gasteiger partial charge in [-0.1, -0.05) is 23.8 Å². The first-order chi connectivity index (χ1) is 13.8. The van der Waals surface area contributed by atoms with Crippen LogP contribution in [0.1, 0.15) is 30.4 Å². The van der Waals surface area contributed by atoms with Crippen LogP contribution in [0.4, 0.5) is 5.69 Å². The van der Waals surface area contributed by atoms with E-state index in [0.29, 0.717) is 18.0 Å². The molecular formula is C22H27NO5S. The summed E-state index contributed by atoms with van der Waals surface area (Å²) in [7, 11) is -3.51. The number of ether oxygens (including phenoxy) is 2. The Balaban J connectivity index is 1.60. The van der Waals surface area contributed by atoms with Crippen molar-refractivity contribution >= 4 is 21.4 Å². The summed E-state index contributed by atoms with van der Waals surface area (Å²) in [4.78, 5) is 12.6. The maximum atomic E-state index is 12.4. The van der Waals surface area contributed by atoms with Crippen LogP contribution in [0.5, 0.6) is 5.75 Å². The Morgan fingerprint density at radius 2 is 1.86 bits per heavy atom. The van der Waals surface area contributed by atoms with Gasteiger partial charge in [0.05, 0.1) is 22.4 Å². The van der Waals surface area contributed by atoms with E-state index in [9.17, 15) is 13.2 Å². The van der Waals surface area contributed by atoms with Crippen molar-refractivity contribution in [1.82, 2.24) is 0 Å². The van der Waals surface area contributed by atoms with Gasteiger partial charge in [-0.25, -0.2) is 8.42 Å². The van der Waals surface area contributed by atoms with Gasteiger partial charge >= 0.3 is 0 Å². The molecule has 2 aromatic carbocycles. The Morgan fingerprint density at radius 3 is 2.55 bits per heavy atom. The van der Waals surface area contributed by atoms with E-state index in [1.54, 1.807) is 30.3 Å². The van der Waals surface area contributed by atoms with Crippen molar-refractivity contribution in [1.29, 1.82) is 0 Å². The molecule has 29 heavy (non-hydrogen) atoms. The molecule has 1 unspecified atom stereocenters. The minimum atomic E-state index is -3.51. The number of hydrogen-bond acceptors (Lipinski definition) is 5. The molecule has 2 aromatic rings. The van der Waals surface area contributed by atoms with Gasteiger partial charge in [0.1, 0.15) is 12.4 Å². The van der Waals surface area contributed by atoms with Gasteiger partial charge < -0.3 is 14.8 Å². The molecule has 0 radical (unpaired) electrons. The lowest BCUT2D eigenvalue weighted by Gasteiger charge is -2.16. The molecule has 156 valence electrons. The predicted octanol–water partition coefficient (Wildman–Crippen LogP) is 3.66. The van der Waals surface area contributed by atoms with Crippen LogP contribution >= 0.6 is 0 Å². The van der Waals surface area contributed by atoms with Crippen LogP contribution in [0.2, 0.25) is 0 Å². The zero-order valence-corrected chi connectivity index (χ0v) is 17.6. The van der Waals surface area contributed by atoms with Crippen LogP contribution in [-0.2, 0) is 19.4 Å². The summed E-state index contributed by atoms with van der Waals surface area (Å²) >= 11 is 0. The molecular weight excluding hydrogens is 390 g/mol. The molecule has 1 fully saturated rings. The van der Waals surface area contributed by atoms with Gasteiger partial charge in [-0.15, -0.1) is 0 Å². The number of hydrogen-bond donors (Lipinski definition) is 1. The average Bonchev–Trinajstić information content (AvgIpc) is 3.21. The minimum Gasteiger partial charge on any atom is -0.489 e. The lowest BCUT2D eigenvalue weighted by Crippen LogP contribution is -2.19. The fourth-order valence-corrected chi connectivity index (χ4v) is 4.35. The summed E-state index contributed by atoms with van der Waals surface area (Å²) in [5.41, 5.74) is 2.52. The van der Waals surface area contributed by atoms with Crippen LogP contribution < -0.4 is 10.1 Å². The molecule has 0 aromatic heterocycles. The summed E-state index contributed by atoms with van der Waals surface area (Å²) < 4.78 is 36.3. The second kappa shape index (κ2) is 9.41. The van der Waals surface area contributed by atoms with Crippen LogP contribution in [0.3, 0.4) is 0 Å². The van der Waals surface area contributed by atoms with Crippen molar-refractivity contribution < 1.29 is 22.7 Å². The first-order valence-electron chi connectivity index (χ1n) is 9.78. The first-order valence-corrected chi connectivity index (χ1v) is 11.4. The van der Waals surface area contributed by atoms with Gasteiger partial charge in [0.2, 0.25) is 5.91 Å². The largest absolute Gasteiger partial charge is 0.489 e. The Morgan fingerprint density at radius 1 is 1.14 bits per heavy atom. The van der Waals surface area contributed by atoms with Crippen molar-refractivity contribution in [3.8, 4) is 5.75 Å². The van der Waals surface area contributed by atoms with Crippen LogP contribution in [-0.4, -0.2) is 39.4 Å². The Hall–Kier alpha value is -2.38. The average molecular weight is 418 g/mol. The third-order valence-electron chi connectivity index (χ3n) is 4.84. The number of anilines is 1. The predicted molar refractivity (Wildman–Crippen MR) is 112 cm³/mol. The smallest absolute Gasteiger partial charge is 0.225 e. The maximum absolute atomic E-state index is 12.4. The highest BCUT2D eigenvalue weighted by atomic mass is 32.2. The molecule has 1 saturated heterocycles. The molecule has 6 nitrogen and oxygen atoms in total. The SMILES string of the molecule is Cc1ccc(S(=O)(=O)CCC(=O)Nc2ccc(C)cc2OCC2CCCO2)cc1. The van der Waals surface area contributed by atoms with E-state index in [2.05, 4.69) is 5.32 Å². The molecule has 1 N–H and O–H groups in total. The number of nitrogens with one attached hydrogen (secondary N) is 1. The number of aryl methyl sites for hydroxylation is 2. The van der Waals surface area contributed by atoms with Crippen LogP contribution in [0, 0.1) is 13.8 Å². The third-order valence-corrected chi connectivity index (χ3v) is 6.57. The zero-order valence-electron chi connectivity index (χ0n) is 16.8. The Kier molecular flexibility index (Phi) is 6.92.